The van der Waals surface area contributed by atoms with Gasteiger partial charge in [-0.3, -0.25) is 0 Å². The summed E-state index contributed by atoms with van der Waals surface area (Å²) < 4.78 is 67.6. The molecule has 1 fully saturated rings. The van der Waals surface area contributed by atoms with E-state index in [2.05, 4.69) is 85.1 Å². The van der Waals surface area contributed by atoms with E-state index in [1.54, 1.807) is 172 Å². The molecule has 0 bridgehead atoms. The van der Waals surface area contributed by atoms with Gasteiger partial charge < -0.3 is 62.5 Å². The van der Waals surface area contributed by atoms with Crippen molar-refractivity contribution in [3.63, 3.8) is 0 Å². The predicted molar refractivity (Wildman–Crippen MR) is 495 cm³/mol. The van der Waals surface area contributed by atoms with E-state index >= 15 is 0 Å². The Morgan fingerprint density at radius 2 is 0.811 bits per heavy atom. The fourth-order valence-corrected chi connectivity index (χ4v) is 13.2. The normalized spacial score (nSPS) is 11.4. The van der Waals surface area contributed by atoms with Gasteiger partial charge in [0.2, 0.25) is 0 Å². The molecular formula is C91H84BBr3Cl6FN7O18. The van der Waals surface area contributed by atoms with Crippen molar-refractivity contribution in [3.8, 4) is 75.3 Å². The first-order valence-corrected chi connectivity index (χ1v) is 42.2. The highest BCUT2D eigenvalue weighted by atomic mass is 79.9. The minimum absolute atomic E-state index is 0.0304. The monoisotopic (exact) mass is 2040 g/mol. The van der Waals surface area contributed by atoms with Crippen molar-refractivity contribution >= 4 is 160 Å². The van der Waals surface area contributed by atoms with Gasteiger partial charge in [0, 0.05) is 42.4 Å². The number of ether oxygens (including phenoxy) is 8. The molecule has 1 saturated heterocycles. The number of nitriles is 3. The molecule has 127 heavy (non-hydrogen) atoms. The van der Waals surface area contributed by atoms with Gasteiger partial charge in [-0.25, -0.2) is 28.4 Å². The molecule has 12 rings (SSSR count). The summed E-state index contributed by atoms with van der Waals surface area (Å²) in [6.45, 7) is 24.8. The van der Waals surface area contributed by atoms with E-state index in [1.165, 1.54) is 56.7 Å². The molecule has 0 saturated carbocycles. The van der Waals surface area contributed by atoms with Crippen LogP contribution in [0, 0.1) is 81.4 Å². The summed E-state index contributed by atoms with van der Waals surface area (Å²) in [6.07, 6.45) is 6.44. The number of aryl methyl sites for hydroxylation is 6. The molecule has 1 aliphatic heterocycles. The van der Waals surface area contributed by atoms with Crippen LogP contribution in [0.15, 0.2) is 178 Å². The Bertz CT molecular complexity index is 5860. The molecule has 3 N–H and O–H groups in total. The third-order valence-corrected chi connectivity index (χ3v) is 21.9. The molecule has 2 aromatic heterocycles. The van der Waals surface area contributed by atoms with Gasteiger partial charge in [-0.1, -0.05) is 110 Å². The third-order valence-electron chi connectivity index (χ3n) is 18.0. The van der Waals surface area contributed by atoms with Crippen molar-refractivity contribution in [1.82, 2.24) is 20.4 Å². The first-order chi connectivity index (χ1) is 60.0. The Labute approximate surface area is 789 Å². The Kier molecular flexibility index (Phi) is 42.7. The van der Waals surface area contributed by atoms with Gasteiger partial charge in [-0.05, 0) is 271 Å². The summed E-state index contributed by atoms with van der Waals surface area (Å²) in [5.74, 6) is -0.655. The number of aromatic hydroxyl groups is 2. The third kappa shape index (κ3) is 30.5. The van der Waals surface area contributed by atoms with Crippen LogP contribution in [-0.4, -0.2) is 125 Å². The molecule has 25 nitrogen and oxygen atoms in total. The van der Waals surface area contributed by atoms with E-state index in [0.29, 0.717) is 121 Å². The standard InChI is InChI=1S/C21H16ClN3O3.C17H13BrClNO3.C10H15BN2O2.2C10H11ClO3.C8H8BrClO.C8H7ClO3.C7H3BrFN/c1-3-27-21(26)16-10-18(22)20(9-13(16)2)28-19-6-4-5-15(17(19)11-23)14-7-8-24-25-12-14;1-3-22-17(21)11-8-14(19)16(7-10(11)2)23-15-6-4-5-13(18)12(15)9-20;1-9(2)10(3,4)15-11(14-9)8-5-6-12-13-7-8;1-6-4-9(13-2)8(11)5-7(6)10(12)14-3;1-3-14-10(13)7-5-8(11)9(12)4-6(7)2;1-5-3-8(11-2)7(10)4-6(5)9;1-4-2-7(10)6(9)3-5(4)8(11)12;8-6-2-1-3-7(9)5(6)4-10/h4-10,12H,3H2,1-2H3;4-8H,3H2,1-2H3;5-7H,1-4H3;4-5H,1-3H3;4-5,12H,3H2,1-2H3;3-4H,1-2H3;2-3,10H,1H3,(H,11,12);1-3H. The summed E-state index contributed by atoms with van der Waals surface area (Å²) in [4.78, 5) is 57.1. The van der Waals surface area contributed by atoms with E-state index in [4.69, 9.17) is 128 Å². The fraction of sp³-hybridized carbons (Fsp3) is 0.231. The molecule has 0 atom stereocenters. The average Bonchev–Trinajstić information content (AvgIpc) is 1.63. The highest BCUT2D eigenvalue weighted by Crippen LogP contribution is 2.41. The first-order valence-electron chi connectivity index (χ1n) is 37.6. The van der Waals surface area contributed by atoms with Crippen LogP contribution in [0.2, 0.25) is 30.1 Å². The number of aromatic nitrogens is 4. The van der Waals surface area contributed by atoms with Crippen LogP contribution in [0.25, 0.3) is 11.1 Å². The predicted octanol–water partition coefficient (Wildman–Crippen LogP) is 23.9. The summed E-state index contributed by atoms with van der Waals surface area (Å²) in [6, 6.07) is 43.2. The molecule has 11 aromatic rings. The van der Waals surface area contributed by atoms with Crippen LogP contribution >= 0.6 is 117 Å². The number of benzene rings is 9. The number of rotatable bonds is 16. The van der Waals surface area contributed by atoms with E-state index < -0.39 is 35.7 Å². The number of phenolic OH excluding ortho intramolecular Hbond substituents is 2. The fourth-order valence-electron chi connectivity index (χ4n) is 10.6. The van der Waals surface area contributed by atoms with E-state index in [0.717, 1.165) is 26.6 Å². The number of aromatic carboxylic acids is 1. The van der Waals surface area contributed by atoms with Crippen molar-refractivity contribution in [2.24, 2.45) is 0 Å². The number of carbonyl (C=O) groups excluding carboxylic acids is 4. The lowest BCUT2D eigenvalue weighted by atomic mass is 9.81. The summed E-state index contributed by atoms with van der Waals surface area (Å²) in [5, 5.41) is 71.2. The quantitative estimate of drug-likeness (QED) is 0.0459. The molecule has 36 heteroatoms. The summed E-state index contributed by atoms with van der Waals surface area (Å²) >= 11 is 45.1. The van der Waals surface area contributed by atoms with Gasteiger partial charge in [0.15, 0.2) is 0 Å². The number of nitrogens with zero attached hydrogens (tertiary/aromatic N) is 7. The largest absolute Gasteiger partial charge is 0.506 e. The average molecular weight is 2050 g/mol. The number of carboxylic acids is 1. The second kappa shape index (κ2) is 51.0. The number of esters is 4. The van der Waals surface area contributed by atoms with Gasteiger partial charge >= 0.3 is 37.0 Å². The molecular weight excluding hydrogens is 1960 g/mol. The van der Waals surface area contributed by atoms with Gasteiger partial charge in [0.05, 0.1) is 123 Å². The van der Waals surface area contributed by atoms with Gasteiger partial charge in [-0.15, -0.1) is 0 Å². The number of methoxy groups -OCH3 is 3. The van der Waals surface area contributed by atoms with Crippen molar-refractivity contribution < 1.29 is 90.9 Å². The minimum Gasteiger partial charge on any atom is -0.506 e. The second-order valence-electron chi connectivity index (χ2n) is 27.3. The first kappa shape index (κ1) is 106. The van der Waals surface area contributed by atoms with Crippen molar-refractivity contribution in [3.05, 3.63) is 292 Å². The van der Waals surface area contributed by atoms with Crippen LogP contribution in [0.5, 0.6) is 46.0 Å². The highest BCUT2D eigenvalue weighted by molar-refractivity contribution is 9.11. The Hall–Kier alpha value is -11.1. The molecule has 0 aliphatic carbocycles. The van der Waals surface area contributed by atoms with Crippen LogP contribution in [0.1, 0.15) is 150 Å². The lowest BCUT2D eigenvalue weighted by Crippen LogP contribution is -2.41. The number of phenols is 2. The van der Waals surface area contributed by atoms with Crippen LogP contribution in [-0.2, 0) is 28.3 Å². The summed E-state index contributed by atoms with van der Waals surface area (Å²) in [7, 11) is 4.12. The second-order valence-corrected chi connectivity index (χ2v) is 32.3. The van der Waals surface area contributed by atoms with E-state index in [9.17, 15) is 44.0 Å². The van der Waals surface area contributed by atoms with E-state index in [1.807, 2.05) is 52.8 Å². The smallest absolute Gasteiger partial charge is 0.496 e. The van der Waals surface area contributed by atoms with Crippen molar-refractivity contribution in [1.29, 1.82) is 15.8 Å². The molecule has 0 unspecified atom stereocenters. The van der Waals surface area contributed by atoms with Crippen molar-refractivity contribution in [2.75, 3.05) is 41.2 Å². The number of carbonyl (C=O) groups is 5. The number of hydrogen-bond acceptors (Lipinski definition) is 24. The zero-order valence-electron chi connectivity index (χ0n) is 71.2. The maximum atomic E-state index is 12.6. The molecule has 0 radical (unpaired) electrons. The van der Waals surface area contributed by atoms with Crippen LogP contribution in [0.4, 0.5) is 4.39 Å². The maximum absolute atomic E-state index is 12.6. The Morgan fingerprint density at radius 3 is 1.21 bits per heavy atom. The lowest BCUT2D eigenvalue weighted by Gasteiger charge is -2.32. The molecule has 9 aromatic carbocycles. The van der Waals surface area contributed by atoms with Gasteiger partial charge in [0.25, 0.3) is 0 Å². The highest BCUT2D eigenvalue weighted by Gasteiger charge is 2.52. The molecule has 3 heterocycles. The number of carboxylic acid groups (broad SMARTS) is 1. The maximum Gasteiger partial charge on any atom is 0.496 e. The molecule has 1 aliphatic rings. The SMILES string of the molecule is CC1(C)OB(c2ccnnc2)OC1(C)C.CCOC(=O)c1cc(Cl)c(O)cc1C.CCOC(=O)c1cc(Cl)c(Oc2cccc(-c3ccnnc3)c2C#N)cc1C.CCOC(=O)c1cc(Cl)c(Oc2cccc(Br)c2C#N)cc1C.COC(=O)c1cc(Cl)c(OC)cc1C.COc1cc(C)c(Br)cc1Cl.Cc1cc(O)c(Cl)cc1C(=O)O.N#Cc1c(F)cccc1Br. The molecule has 0 spiro atoms. The van der Waals surface area contributed by atoms with Gasteiger partial charge in [-0.2, -0.15) is 36.2 Å². The topological polar surface area (TPSA) is 361 Å². The van der Waals surface area contributed by atoms with E-state index in [-0.39, 0.29) is 74.3 Å². The van der Waals surface area contributed by atoms with Crippen LogP contribution in [0.3, 0.4) is 0 Å². The van der Waals surface area contributed by atoms with Gasteiger partial charge in [0.1, 0.15) is 86.7 Å². The Morgan fingerprint density at radius 1 is 0.441 bits per heavy atom. The lowest BCUT2D eigenvalue weighted by molar-refractivity contribution is 0.00578. The molecule has 0 amide bonds. The Balaban J connectivity index is 0.000000264. The zero-order valence-corrected chi connectivity index (χ0v) is 80.5. The van der Waals surface area contributed by atoms with Crippen molar-refractivity contribution in [2.45, 2.75) is 101 Å². The molecule has 664 valence electrons. The number of halogens is 10. The zero-order chi connectivity index (χ0) is 94.9. The summed E-state index contributed by atoms with van der Waals surface area (Å²) in [5.41, 5.74) is 8.56. The minimum atomic E-state index is -1.05. The van der Waals surface area contributed by atoms with Crippen LogP contribution < -0.4 is 24.4 Å². The number of hydrogen-bond donors (Lipinski definition) is 3.